The second-order valence-corrected chi connectivity index (χ2v) is 14.2. The van der Waals surface area contributed by atoms with Crippen molar-refractivity contribution in [2.24, 2.45) is 45.8 Å². The van der Waals surface area contributed by atoms with Gasteiger partial charge in [0.25, 0.3) is 0 Å². The molecule has 0 radical (unpaired) electrons. The van der Waals surface area contributed by atoms with E-state index in [-0.39, 0.29) is 46.3 Å². The number of carbonyl (C=O) groups is 2. The van der Waals surface area contributed by atoms with E-state index in [9.17, 15) is 19.8 Å². The number of hydrogen-bond acceptors (Lipinski definition) is 4. The van der Waals surface area contributed by atoms with Crippen molar-refractivity contribution in [2.45, 2.75) is 118 Å². The van der Waals surface area contributed by atoms with Crippen LogP contribution in [0.5, 0.6) is 0 Å². The second-order valence-electron chi connectivity index (χ2n) is 14.2. The molecule has 0 bridgehead atoms. The first-order chi connectivity index (χ1) is 17.1. The van der Waals surface area contributed by atoms with Crippen LogP contribution in [0, 0.1) is 45.8 Å². The maximum Gasteiger partial charge on any atom is 0.306 e. The number of carboxylic acids is 1. The lowest BCUT2D eigenvalue weighted by atomic mass is 9.45. The molecule has 0 aliphatic heterocycles. The highest BCUT2D eigenvalue weighted by atomic mass is 16.5. The Balaban J connectivity index is 1.73. The van der Waals surface area contributed by atoms with Gasteiger partial charge in [-0.25, -0.2) is 0 Å². The molecule has 208 valence electrons. The van der Waals surface area contributed by atoms with Gasteiger partial charge in [0, 0.05) is 12.8 Å². The van der Waals surface area contributed by atoms with Crippen LogP contribution in [0.15, 0.2) is 23.3 Å². The first kappa shape index (κ1) is 28.4. The number of fused-ring (bicyclic) bond motifs is 4. The lowest BCUT2D eigenvalue weighted by Crippen LogP contribution is -2.54. The van der Waals surface area contributed by atoms with Crippen LogP contribution in [0.1, 0.15) is 106 Å². The van der Waals surface area contributed by atoms with E-state index >= 15 is 0 Å². The molecule has 8 atom stereocenters. The van der Waals surface area contributed by atoms with Crippen LogP contribution in [-0.2, 0) is 14.3 Å². The predicted molar refractivity (Wildman–Crippen MR) is 146 cm³/mol. The Morgan fingerprint density at radius 1 is 1.11 bits per heavy atom. The third-order valence-electron chi connectivity index (χ3n) is 11.7. The molecule has 2 saturated carbocycles. The van der Waals surface area contributed by atoms with Crippen LogP contribution in [0.25, 0.3) is 0 Å². The molecule has 0 aromatic rings. The third kappa shape index (κ3) is 4.61. The van der Waals surface area contributed by atoms with Crippen molar-refractivity contribution >= 4 is 11.9 Å². The van der Waals surface area contributed by atoms with Gasteiger partial charge in [0.2, 0.25) is 0 Å². The zero-order chi connectivity index (χ0) is 27.5. The van der Waals surface area contributed by atoms with Crippen molar-refractivity contribution in [1.29, 1.82) is 0 Å². The standard InChI is InChI=1S/C32H50O5/c1-18(2)19(3)9-10-22(29(35)36)24-17-25(37-20(4)33)28-21-11-12-26-30(5,6)27(34)14-16-31(26,7)23(21)13-15-32(24,28)8/h18,22,24-28,34H,3,9-17H2,1-2,4-8H3,(H,35,36)/t22-,24-,25+,26+,27+,28?,31-,32-/m1/s1. The average molecular weight is 515 g/mol. The summed E-state index contributed by atoms with van der Waals surface area (Å²) in [6.45, 7) is 19.0. The number of aliphatic carboxylic acids is 1. The maximum absolute atomic E-state index is 12.7. The molecule has 0 spiro atoms. The zero-order valence-corrected chi connectivity index (χ0v) is 24.2. The molecule has 2 fully saturated rings. The Labute approximate surface area is 224 Å². The van der Waals surface area contributed by atoms with E-state index in [2.05, 4.69) is 48.1 Å². The smallest absolute Gasteiger partial charge is 0.306 e. The maximum atomic E-state index is 12.7. The summed E-state index contributed by atoms with van der Waals surface area (Å²) in [6, 6.07) is 0. The predicted octanol–water partition coefficient (Wildman–Crippen LogP) is 6.94. The molecule has 4 aliphatic carbocycles. The molecule has 4 aliphatic rings. The first-order valence-corrected chi connectivity index (χ1v) is 14.6. The third-order valence-corrected chi connectivity index (χ3v) is 11.7. The van der Waals surface area contributed by atoms with Crippen molar-refractivity contribution < 1.29 is 24.5 Å². The van der Waals surface area contributed by atoms with Gasteiger partial charge in [-0.3, -0.25) is 9.59 Å². The van der Waals surface area contributed by atoms with E-state index in [1.807, 2.05) is 0 Å². The van der Waals surface area contributed by atoms with E-state index in [0.29, 0.717) is 24.7 Å². The number of carboxylic acid groups (broad SMARTS) is 1. The van der Waals surface area contributed by atoms with Gasteiger partial charge in [-0.1, -0.05) is 64.8 Å². The molecule has 0 amide bonds. The normalized spacial score (nSPS) is 39.4. The van der Waals surface area contributed by atoms with E-state index in [1.54, 1.807) is 0 Å². The fraction of sp³-hybridized carbons (Fsp3) is 0.812. The molecule has 0 heterocycles. The molecular formula is C32H50O5. The van der Waals surface area contributed by atoms with Crippen LogP contribution in [-0.4, -0.2) is 34.4 Å². The molecule has 5 nitrogen and oxygen atoms in total. The molecule has 0 saturated heterocycles. The van der Waals surface area contributed by atoms with Gasteiger partial charge in [0.1, 0.15) is 6.10 Å². The number of esters is 1. The monoisotopic (exact) mass is 514 g/mol. The average Bonchev–Trinajstić information content (AvgIpc) is 3.07. The summed E-state index contributed by atoms with van der Waals surface area (Å²) in [5.41, 5.74) is 3.77. The highest BCUT2D eigenvalue weighted by molar-refractivity contribution is 5.71. The fourth-order valence-electron chi connectivity index (χ4n) is 9.44. The van der Waals surface area contributed by atoms with Gasteiger partial charge < -0.3 is 14.9 Å². The lowest BCUT2D eigenvalue weighted by Gasteiger charge is -2.60. The van der Waals surface area contributed by atoms with E-state index in [1.165, 1.54) is 18.1 Å². The van der Waals surface area contributed by atoms with Crippen molar-refractivity contribution in [3.8, 4) is 0 Å². The van der Waals surface area contributed by atoms with Crippen molar-refractivity contribution in [3.63, 3.8) is 0 Å². The summed E-state index contributed by atoms with van der Waals surface area (Å²) in [6.07, 6.45) is 7.08. The summed E-state index contributed by atoms with van der Waals surface area (Å²) in [5, 5.41) is 21.3. The quantitative estimate of drug-likeness (QED) is 0.284. The van der Waals surface area contributed by atoms with Crippen LogP contribution in [0.3, 0.4) is 0 Å². The number of aliphatic hydroxyl groups excluding tert-OH is 1. The van der Waals surface area contributed by atoms with Crippen LogP contribution < -0.4 is 0 Å². The molecule has 4 rings (SSSR count). The van der Waals surface area contributed by atoms with Crippen molar-refractivity contribution in [2.75, 3.05) is 0 Å². The van der Waals surface area contributed by atoms with Crippen molar-refractivity contribution in [1.82, 2.24) is 0 Å². The largest absolute Gasteiger partial charge is 0.481 e. The molecular weight excluding hydrogens is 464 g/mol. The van der Waals surface area contributed by atoms with Crippen LogP contribution in [0.2, 0.25) is 0 Å². The summed E-state index contributed by atoms with van der Waals surface area (Å²) in [7, 11) is 0. The van der Waals surface area contributed by atoms with Gasteiger partial charge in [0.05, 0.1) is 12.0 Å². The summed E-state index contributed by atoms with van der Waals surface area (Å²) < 4.78 is 6.02. The lowest BCUT2D eigenvalue weighted by molar-refractivity contribution is -0.149. The summed E-state index contributed by atoms with van der Waals surface area (Å²) >= 11 is 0. The topological polar surface area (TPSA) is 83.8 Å². The molecule has 5 heteroatoms. The van der Waals surface area contributed by atoms with Gasteiger partial charge in [-0.2, -0.15) is 0 Å². The number of ether oxygens (including phenoxy) is 1. The van der Waals surface area contributed by atoms with E-state index in [4.69, 9.17) is 4.74 Å². The molecule has 37 heavy (non-hydrogen) atoms. The van der Waals surface area contributed by atoms with Crippen molar-refractivity contribution in [3.05, 3.63) is 23.3 Å². The van der Waals surface area contributed by atoms with Gasteiger partial charge >= 0.3 is 11.9 Å². The minimum absolute atomic E-state index is 0.0384. The SMILES string of the molecule is C=C(CC[C@@H](C(=O)O)[C@H]1C[C@H](OC(C)=O)C2C3=C(CC[C@@]21C)[C@@]1(C)CC[C@H](O)C(C)(C)[C@@H]1CC3)C(C)C. The molecule has 0 aromatic carbocycles. The highest BCUT2D eigenvalue weighted by Crippen LogP contribution is 2.68. The minimum atomic E-state index is -0.733. The zero-order valence-electron chi connectivity index (χ0n) is 24.2. The minimum Gasteiger partial charge on any atom is -0.481 e. The Morgan fingerprint density at radius 2 is 1.78 bits per heavy atom. The summed E-state index contributed by atoms with van der Waals surface area (Å²) in [5.74, 6) is -0.680. The van der Waals surface area contributed by atoms with Gasteiger partial charge in [-0.15, -0.1) is 0 Å². The number of hydrogen-bond donors (Lipinski definition) is 2. The van der Waals surface area contributed by atoms with E-state index < -0.39 is 11.9 Å². The van der Waals surface area contributed by atoms with Gasteiger partial charge in [0.15, 0.2) is 0 Å². The van der Waals surface area contributed by atoms with E-state index in [0.717, 1.165) is 50.5 Å². The fourth-order valence-corrected chi connectivity index (χ4v) is 9.44. The second kappa shape index (κ2) is 9.84. The van der Waals surface area contributed by atoms with Crippen LogP contribution >= 0.6 is 0 Å². The Bertz CT molecular complexity index is 976. The number of allylic oxidation sites excluding steroid dienone is 2. The Morgan fingerprint density at radius 3 is 2.38 bits per heavy atom. The first-order valence-electron chi connectivity index (χ1n) is 14.6. The number of rotatable bonds is 7. The Hall–Kier alpha value is -1.62. The molecule has 0 aromatic heterocycles. The molecule has 1 unspecified atom stereocenters. The highest BCUT2D eigenvalue weighted by Gasteiger charge is 2.63. The Kier molecular flexibility index (Phi) is 7.55. The molecule has 2 N–H and O–H groups in total. The summed E-state index contributed by atoms with van der Waals surface area (Å²) in [4.78, 5) is 24.9. The van der Waals surface area contributed by atoms with Gasteiger partial charge in [-0.05, 0) is 91.8 Å². The van der Waals surface area contributed by atoms with Crippen LogP contribution in [0.4, 0.5) is 0 Å². The number of aliphatic hydroxyl groups is 1. The number of carbonyl (C=O) groups excluding carboxylic acids is 1.